The maximum atomic E-state index is 13.8. The maximum absolute atomic E-state index is 13.8. The summed E-state index contributed by atoms with van der Waals surface area (Å²) < 4.78 is 5.73. The Labute approximate surface area is 233 Å². The van der Waals surface area contributed by atoms with Crippen molar-refractivity contribution in [1.29, 1.82) is 0 Å². The van der Waals surface area contributed by atoms with Gasteiger partial charge in [-0.1, -0.05) is 11.8 Å². The number of ether oxygens (including phenoxy) is 1. The van der Waals surface area contributed by atoms with E-state index < -0.39 is 58.1 Å². The molecule has 3 unspecified atom stereocenters. The van der Waals surface area contributed by atoms with Gasteiger partial charge in [0.05, 0.1) is 5.56 Å². The van der Waals surface area contributed by atoms with Gasteiger partial charge in [-0.15, -0.1) is 0 Å². The maximum Gasteiger partial charge on any atom is 0.327 e. The van der Waals surface area contributed by atoms with Gasteiger partial charge in [-0.2, -0.15) is 0 Å². The van der Waals surface area contributed by atoms with Gasteiger partial charge >= 0.3 is 5.97 Å². The molecule has 1 aliphatic carbocycles. The second kappa shape index (κ2) is 11.6. The monoisotopic (exact) mass is 574 g/mol. The Bertz CT molecular complexity index is 1400. The summed E-state index contributed by atoms with van der Waals surface area (Å²) in [4.78, 5) is 77.8. The average molecular weight is 575 g/mol. The van der Waals surface area contributed by atoms with Crippen LogP contribution in [0.4, 0.5) is 0 Å². The van der Waals surface area contributed by atoms with Crippen molar-refractivity contribution in [2.45, 2.75) is 58.9 Å². The lowest BCUT2D eigenvalue weighted by atomic mass is 9.67. The fraction of sp³-hybridized carbons (Fsp3) is 0.444. The molecule has 214 valence electrons. The summed E-state index contributed by atoms with van der Waals surface area (Å²) >= 11 is 0.774. The Kier molecular flexibility index (Phi) is 8.87. The first kappa shape index (κ1) is 30.5. The zero-order valence-corrected chi connectivity index (χ0v) is 23.4. The summed E-state index contributed by atoms with van der Waals surface area (Å²) in [7, 11) is 0. The molecular formula is C27H30N2O10S. The van der Waals surface area contributed by atoms with Crippen LogP contribution >= 0.6 is 11.8 Å². The Morgan fingerprint density at radius 3 is 2.38 bits per heavy atom. The second-order valence-electron chi connectivity index (χ2n) is 9.79. The molecule has 1 heterocycles. The fourth-order valence-corrected chi connectivity index (χ4v) is 5.61. The van der Waals surface area contributed by atoms with Crippen molar-refractivity contribution in [3.05, 3.63) is 28.5 Å². The predicted molar refractivity (Wildman–Crippen MR) is 144 cm³/mol. The van der Waals surface area contributed by atoms with Crippen molar-refractivity contribution >= 4 is 51.8 Å². The van der Waals surface area contributed by atoms with Gasteiger partial charge < -0.3 is 25.4 Å². The van der Waals surface area contributed by atoms with Crippen LogP contribution in [0.5, 0.6) is 17.2 Å². The largest absolute Gasteiger partial charge is 0.507 e. The minimum Gasteiger partial charge on any atom is -0.507 e. The Morgan fingerprint density at radius 2 is 1.80 bits per heavy atom. The first-order chi connectivity index (χ1) is 18.6. The lowest BCUT2D eigenvalue weighted by molar-refractivity contribution is -0.140. The molecule has 2 aliphatic rings. The van der Waals surface area contributed by atoms with Gasteiger partial charge in [-0.3, -0.25) is 29.0 Å². The first-order valence-corrected chi connectivity index (χ1v) is 13.4. The van der Waals surface area contributed by atoms with Crippen molar-refractivity contribution < 1.29 is 48.8 Å². The number of aromatic hydroxyl groups is 2. The molecule has 0 saturated carbocycles. The number of carbonyl (C=O) groups excluding carboxylic acids is 5. The number of aliphatic imine (C=N–C) groups is 1. The molecule has 0 bridgehead atoms. The van der Waals surface area contributed by atoms with E-state index in [0.717, 1.165) is 17.8 Å². The van der Waals surface area contributed by atoms with E-state index in [1.54, 1.807) is 0 Å². The number of carbonyl (C=O) groups is 6. The molecule has 3 rings (SSSR count). The molecule has 0 saturated heterocycles. The number of nitrogens with one attached hydrogen (secondary N) is 1. The Morgan fingerprint density at radius 1 is 1.15 bits per heavy atom. The van der Waals surface area contributed by atoms with Crippen LogP contribution in [-0.2, 0) is 29.4 Å². The number of ketones is 3. The number of fused-ring (bicyclic) bond motifs is 3. The molecule has 1 aromatic carbocycles. The number of hydrogen-bond acceptors (Lipinski definition) is 11. The van der Waals surface area contributed by atoms with Crippen LogP contribution < -0.4 is 10.1 Å². The van der Waals surface area contributed by atoms with Crippen LogP contribution in [0.3, 0.4) is 0 Å². The molecule has 0 fully saturated rings. The van der Waals surface area contributed by atoms with Crippen molar-refractivity contribution in [2.24, 2.45) is 10.9 Å². The lowest BCUT2D eigenvalue weighted by Gasteiger charge is -2.31. The van der Waals surface area contributed by atoms with Crippen molar-refractivity contribution in [3.63, 3.8) is 0 Å². The van der Waals surface area contributed by atoms with Gasteiger partial charge in [-0.05, 0) is 34.1 Å². The molecule has 0 spiro atoms. The third-order valence-electron chi connectivity index (χ3n) is 6.91. The summed E-state index contributed by atoms with van der Waals surface area (Å²) in [5.41, 5.74) is -1.62. The van der Waals surface area contributed by atoms with Gasteiger partial charge in [0, 0.05) is 43.0 Å². The predicted octanol–water partition coefficient (Wildman–Crippen LogP) is 2.00. The van der Waals surface area contributed by atoms with Crippen molar-refractivity contribution in [2.75, 3.05) is 12.3 Å². The molecule has 13 heteroatoms. The molecule has 1 aliphatic heterocycles. The Hall–Kier alpha value is -4.00. The highest BCUT2D eigenvalue weighted by molar-refractivity contribution is 8.13. The van der Waals surface area contributed by atoms with E-state index in [2.05, 4.69) is 10.3 Å². The average Bonchev–Trinajstić information content (AvgIpc) is 3.15. The standard InChI is InChI=1S/C27H30N2O10S/c1-11-22(34)20(13(3)30)24-21(23(11)35)27(5)17(39-24)9-16(32)19(25(27)36)12(2)28-8-6-7-18(33)40-10-15(26(37)38)29-14(4)31/h9,15,19,34-35H,6-8,10H2,1-5H3,(H,29,31)(H,37,38). The van der Waals surface area contributed by atoms with Crippen molar-refractivity contribution in [1.82, 2.24) is 5.32 Å². The van der Waals surface area contributed by atoms with Gasteiger partial charge in [0.2, 0.25) is 5.91 Å². The van der Waals surface area contributed by atoms with Crippen LogP contribution in [0.25, 0.3) is 0 Å². The summed E-state index contributed by atoms with van der Waals surface area (Å²) in [6.07, 6.45) is 1.45. The smallest absolute Gasteiger partial charge is 0.327 e. The number of phenols is 2. The third kappa shape index (κ3) is 5.51. The highest BCUT2D eigenvalue weighted by Gasteiger charge is 2.57. The Balaban J connectivity index is 1.75. The van der Waals surface area contributed by atoms with Crippen LogP contribution in [-0.4, -0.2) is 73.7 Å². The molecule has 40 heavy (non-hydrogen) atoms. The zero-order valence-electron chi connectivity index (χ0n) is 22.6. The lowest BCUT2D eigenvalue weighted by Crippen LogP contribution is -2.47. The minimum absolute atomic E-state index is 0.00361. The minimum atomic E-state index is -1.61. The number of nitrogens with zero attached hydrogens (tertiary/aromatic N) is 1. The summed E-state index contributed by atoms with van der Waals surface area (Å²) in [5, 5.41) is 32.4. The van der Waals surface area contributed by atoms with E-state index >= 15 is 0 Å². The number of Topliss-reactive ketones (excluding diaryl/α,β-unsaturated/α-hetero) is 2. The number of allylic oxidation sites excluding steroid dienone is 2. The van der Waals surface area contributed by atoms with E-state index in [4.69, 9.17) is 9.84 Å². The van der Waals surface area contributed by atoms with Crippen LogP contribution in [0.15, 0.2) is 16.8 Å². The quantitative estimate of drug-likeness (QED) is 0.138. The third-order valence-corrected chi connectivity index (χ3v) is 7.94. The number of hydrogen-bond donors (Lipinski definition) is 4. The summed E-state index contributed by atoms with van der Waals surface area (Å²) in [6.45, 7) is 6.86. The highest BCUT2D eigenvalue weighted by atomic mass is 32.2. The summed E-state index contributed by atoms with van der Waals surface area (Å²) in [6, 6.07) is -1.20. The number of amides is 1. The normalized spacial score (nSPS) is 20.7. The van der Waals surface area contributed by atoms with Gasteiger partial charge in [0.1, 0.15) is 45.9 Å². The fourth-order valence-electron chi connectivity index (χ4n) is 4.74. The van der Waals surface area contributed by atoms with Gasteiger partial charge in [0.15, 0.2) is 22.5 Å². The second-order valence-corrected chi connectivity index (χ2v) is 10.9. The topological polar surface area (TPSA) is 197 Å². The van der Waals surface area contributed by atoms with Crippen LogP contribution in [0, 0.1) is 12.8 Å². The molecule has 1 aromatic rings. The molecule has 4 N–H and O–H groups in total. The number of rotatable bonds is 10. The van der Waals surface area contributed by atoms with E-state index in [1.165, 1.54) is 34.6 Å². The number of phenolic OH excluding ortho intramolecular Hbond substituents is 2. The van der Waals surface area contributed by atoms with Gasteiger partial charge in [0.25, 0.3) is 0 Å². The van der Waals surface area contributed by atoms with E-state index in [9.17, 15) is 39.0 Å². The SMILES string of the molecule is CC(=O)NC(CSC(=O)CCCN=C(C)C1C(=O)C=C2Oc3c(C(C)=O)c(O)c(C)c(O)c3C2(C)C1=O)C(=O)O. The highest BCUT2D eigenvalue weighted by Crippen LogP contribution is 2.57. The van der Waals surface area contributed by atoms with Crippen LogP contribution in [0.2, 0.25) is 0 Å². The molecule has 0 aromatic heterocycles. The first-order valence-electron chi connectivity index (χ1n) is 12.4. The number of benzene rings is 1. The zero-order chi connectivity index (χ0) is 30.1. The molecule has 12 nitrogen and oxygen atoms in total. The summed E-state index contributed by atoms with van der Waals surface area (Å²) in [5.74, 6) is -6.09. The number of carboxylic acid groups (broad SMARTS) is 1. The van der Waals surface area contributed by atoms with Gasteiger partial charge in [-0.25, -0.2) is 4.79 Å². The number of carboxylic acids is 1. The molecular weight excluding hydrogens is 544 g/mol. The molecule has 3 atom stereocenters. The van der Waals surface area contributed by atoms with E-state index in [0.29, 0.717) is 0 Å². The number of thioether (sulfide) groups is 1. The van der Waals surface area contributed by atoms with Crippen molar-refractivity contribution in [3.8, 4) is 17.2 Å². The molecule has 1 amide bonds. The molecule has 0 radical (unpaired) electrons. The van der Waals surface area contributed by atoms with Crippen LogP contribution in [0.1, 0.15) is 62.0 Å². The number of aliphatic carboxylic acids is 1. The van der Waals surface area contributed by atoms with E-state index in [1.807, 2.05) is 0 Å². The van der Waals surface area contributed by atoms with E-state index in [-0.39, 0.29) is 64.2 Å².